The maximum absolute atomic E-state index is 9.60. The molecule has 16 N–H and O–H groups in total. The summed E-state index contributed by atoms with van der Waals surface area (Å²) in [4.78, 5) is 76.8. The van der Waals surface area contributed by atoms with E-state index in [1.807, 2.05) is 0 Å². The van der Waals surface area contributed by atoms with Gasteiger partial charge in [0.05, 0.1) is 63.7 Å². The van der Waals surface area contributed by atoms with Gasteiger partial charge in [-0.2, -0.15) is 0 Å². The van der Waals surface area contributed by atoms with Crippen LogP contribution in [0.25, 0.3) is 0 Å². The van der Waals surface area contributed by atoms with Gasteiger partial charge >= 0.3 is 47.8 Å². The summed E-state index contributed by atoms with van der Waals surface area (Å²) in [5.41, 5.74) is -0.815. The molecule has 0 atom stereocenters. The summed E-state index contributed by atoms with van der Waals surface area (Å²) in [6, 6.07) is 0. The second-order valence-electron chi connectivity index (χ2n) is 12.9. The van der Waals surface area contributed by atoms with Gasteiger partial charge in [0, 0.05) is 44.6 Å². The summed E-state index contributed by atoms with van der Waals surface area (Å²) >= 11 is 0. The minimum Gasteiger partial charge on any atom is -0.478 e. The molecular formula is C42H72O24. The highest BCUT2D eigenvalue weighted by atomic mass is 16.4. The Morgan fingerprint density at radius 2 is 0.288 bits per heavy atom. The molecule has 0 saturated heterocycles. The number of carboxylic acids is 8. The van der Waals surface area contributed by atoms with Crippen molar-refractivity contribution in [1.29, 1.82) is 0 Å². The van der Waals surface area contributed by atoms with Crippen LogP contribution in [0.3, 0.4) is 0 Å². The summed E-state index contributed by atoms with van der Waals surface area (Å²) in [6.07, 6.45) is 0. The number of aliphatic carboxylic acids is 8. The number of aliphatic hydroxyl groups excluding tert-OH is 8. The average Bonchev–Trinajstić information content (AvgIpc) is 3.22. The Bertz CT molecular complexity index is 1140. The van der Waals surface area contributed by atoms with E-state index in [2.05, 4.69) is 52.6 Å². The van der Waals surface area contributed by atoms with Crippen LogP contribution < -0.4 is 0 Å². The topological polar surface area (TPSA) is 460 Å². The molecular weight excluding hydrogens is 888 g/mol. The van der Waals surface area contributed by atoms with Crippen molar-refractivity contribution in [3.8, 4) is 0 Å². The molecule has 24 nitrogen and oxygen atoms in total. The highest BCUT2D eigenvalue weighted by molar-refractivity contribution is 5.87. The molecule has 0 saturated carbocycles. The number of carbonyl (C=O) groups is 8. The van der Waals surface area contributed by atoms with Gasteiger partial charge in [-0.1, -0.05) is 52.6 Å². The molecule has 384 valence electrons. The van der Waals surface area contributed by atoms with E-state index >= 15 is 0 Å². The summed E-state index contributed by atoms with van der Waals surface area (Å²) in [6.45, 7) is 33.6. The second-order valence-corrected chi connectivity index (χ2v) is 12.9. The zero-order chi connectivity index (χ0) is 55.9. The Morgan fingerprint density at radius 1 is 0.242 bits per heavy atom. The Hall–Kier alpha value is -6.64. The molecule has 0 aliphatic carbocycles. The van der Waals surface area contributed by atoms with Gasteiger partial charge in [0.1, 0.15) is 0 Å². The Balaban J connectivity index is -0.0000000663. The SMILES string of the molecule is C=C(C)C(=O)O.C=C(C)C(=O)O.C=C(C)C(=O)O.C=C(C)C(=O)O.C=C(C)C(=O)O.C=C(C)C(=O)O.C=C(C)C(=O)O.C=C(C)C(=O)O.OCC(CO)(CO)CO.OCC(CO)(CO)CO. The third-order valence-electron chi connectivity index (χ3n) is 5.60. The van der Waals surface area contributed by atoms with Crippen molar-refractivity contribution in [3.05, 3.63) is 97.2 Å². The van der Waals surface area contributed by atoms with Gasteiger partial charge in [0.15, 0.2) is 0 Å². The molecule has 0 aliphatic heterocycles. The molecule has 0 unspecified atom stereocenters. The molecule has 0 aromatic rings. The van der Waals surface area contributed by atoms with Crippen LogP contribution in [0.1, 0.15) is 55.4 Å². The molecule has 0 radical (unpaired) electrons. The van der Waals surface area contributed by atoms with Crippen LogP contribution in [0.4, 0.5) is 0 Å². The quantitative estimate of drug-likeness (QED) is 0.0962. The van der Waals surface area contributed by atoms with Crippen LogP contribution in [0.5, 0.6) is 0 Å². The molecule has 0 aromatic heterocycles. The smallest absolute Gasteiger partial charge is 0.330 e. The number of hydrogen-bond acceptors (Lipinski definition) is 16. The molecule has 0 fully saturated rings. The van der Waals surface area contributed by atoms with Gasteiger partial charge in [-0.05, 0) is 55.4 Å². The minimum absolute atomic E-state index is 0.176. The maximum atomic E-state index is 9.60. The lowest BCUT2D eigenvalue weighted by atomic mass is 9.93. The van der Waals surface area contributed by atoms with Gasteiger partial charge < -0.3 is 81.7 Å². The third-order valence-corrected chi connectivity index (χ3v) is 5.60. The summed E-state index contributed by atoms with van der Waals surface area (Å²) in [5, 5.41) is 131. The van der Waals surface area contributed by atoms with Crippen molar-refractivity contribution in [2.24, 2.45) is 10.8 Å². The molecule has 66 heavy (non-hydrogen) atoms. The highest BCUT2D eigenvalue weighted by Crippen LogP contribution is 2.12. The molecule has 0 amide bonds. The van der Waals surface area contributed by atoms with Crippen molar-refractivity contribution in [3.63, 3.8) is 0 Å². The van der Waals surface area contributed by atoms with E-state index in [0.717, 1.165) is 0 Å². The van der Waals surface area contributed by atoms with Gasteiger partial charge in [-0.15, -0.1) is 0 Å². The summed E-state index contributed by atoms with van der Waals surface area (Å²) in [7, 11) is 0. The van der Waals surface area contributed by atoms with Crippen molar-refractivity contribution in [1.82, 2.24) is 0 Å². The van der Waals surface area contributed by atoms with Gasteiger partial charge in [0.2, 0.25) is 0 Å². The Kier molecular flexibility index (Phi) is 64.1. The molecule has 0 heterocycles. The van der Waals surface area contributed by atoms with E-state index in [1.54, 1.807) is 0 Å². The van der Waals surface area contributed by atoms with E-state index in [1.165, 1.54) is 55.4 Å². The first-order valence-electron chi connectivity index (χ1n) is 17.6. The van der Waals surface area contributed by atoms with Gasteiger partial charge in [0.25, 0.3) is 0 Å². The fourth-order valence-electron chi connectivity index (χ4n) is 0.600. The summed E-state index contributed by atoms with van der Waals surface area (Å²) in [5.74, 6) is -7.48. The predicted octanol–water partition coefficient (Wildman–Crippen LogP) is 1.06. The zero-order valence-corrected chi connectivity index (χ0v) is 38.7. The molecule has 0 spiro atoms. The number of aliphatic hydroxyl groups is 8. The largest absolute Gasteiger partial charge is 0.478 e. The normalized spacial score (nSPS) is 8.73. The maximum Gasteiger partial charge on any atom is 0.330 e. The molecule has 0 rings (SSSR count). The first-order chi connectivity index (χ1) is 29.6. The first-order valence-corrected chi connectivity index (χ1v) is 17.6. The minimum atomic E-state index is -1.11. The zero-order valence-electron chi connectivity index (χ0n) is 38.7. The van der Waals surface area contributed by atoms with Gasteiger partial charge in [-0.3, -0.25) is 0 Å². The van der Waals surface area contributed by atoms with E-state index < -0.39 is 111 Å². The monoisotopic (exact) mass is 960 g/mol. The lowest BCUT2D eigenvalue weighted by Crippen LogP contribution is -2.37. The van der Waals surface area contributed by atoms with E-state index in [9.17, 15) is 38.4 Å². The van der Waals surface area contributed by atoms with Gasteiger partial charge in [-0.25, -0.2) is 38.4 Å². The first kappa shape index (κ1) is 83.0. The Labute approximate surface area is 383 Å². The molecule has 24 heteroatoms. The lowest BCUT2D eigenvalue weighted by molar-refractivity contribution is -0.133. The highest BCUT2D eigenvalue weighted by Gasteiger charge is 2.27. The fourth-order valence-corrected chi connectivity index (χ4v) is 0.600. The fraction of sp³-hybridized carbons (Fsp3) is 0.429. The van der Waals surface area contributed by atoms with Crippen LogP contribution in [0.2, 0.25) is 0 Å². The average molecular weight is 961 g/mol. The molecule has 0 aromatic carbocycles. The van der Waals surface area contributed by atoms with E-state index in [4.69, 9.17) is 81.7 Å². The van der Waals surface area contributed by atoms with Crippen LogP contribution in [0, 0.1) is 10.8 Å². The van der Waals surface area contributed by atoms with Crippen LogP contribution in [-0.4, -0.2) is 182 Å². The Morgan fingerprint density at radius 3 is 0.288 bits per heavy atom. The van der Waals surface area contributed by atoms with Crippen molar-refractivity contribution >= 4 is 47.8 Å². The lowest BCUT2D eigenvalue weighted by Gasteiger charge is -2.23. The van der Waals surface area contributed by atoms with Crippen LogP contribution >= 0.6 is 0 Å². The standard InChI is InChI=1S/2C5H12O4.8C4H6O2/c2*6-1-5(2-7,3-8)4-9;8*1-3(2)4(5)6/h2*6-9H,1-4H2;8*1H2,2H3,(H,5,6). The van der Waals surface area contributed by atoms with Crippen LogP contribution in [0.15, 0.2) is 97.2 Å². The van der Waals surface area contributed by atoms with E-state index in [-0.39, 0.29) is 44.6 Å². The third kappa shape index (κ3) is 74.8. The summed E-state index contributed by atoms with van der Waals surface area (Å²) < 4.78 is 0. The van der Waals surface area contributed by atoms with E-state index in [0.29, 0.717) is 0 Å². The molecule has 0 aliphatic rings. The number of carboxylic acid groups (broad SMARTS) is 8. The second kappa shape index (κ2) is 51.0. The van der Waals surface area contributed by atoms with Crippen LogP contribution in [-0.2, 0) is 38.4 Å². The number of rotatable bonds is 16. The van der Waals surface area contributed by atoms with Crippen molar-refractivity contribution < 1.29 is 120 Å². The van der Waals surface area contributed by atoms with Crippen molar-refractivity contribution in [2.45, 2.75) is 55.4 Å². The van der Waals surface area contributed by atoms with Crippen molar-refractivity contribution in [2.75, 3.05) is 52.9 Å². The molecule has 0 bridgehead atoms. The predicted molar refractivity (Wildman–Crippen MR) is 241 cm³/mol. The number of hydrogen-bond donors (Lipinski definition) is 16.